The normalized spacial score (nSPS) is 22.2. The van der Waals surface area contributed by atoms with Crippen LogP contribution in [-0.4, -0.2) is 35.1 Å². The van der Waals surface area contributed by atoms with Crippen molar-refractivity contribution in [3.05, 3.63) is 24.2 Å². The van der Waals surface area contributed by atoms with E-state index in [0.29, 0.717) is 19.5 Å². The highest BCUT2D eigenvalue weighted by molar-refractivity contribution is 5.80. The Morgan fingerprint density at radius 1 is 1.55 bits per heavy atom. The Balaban J connectivity index is 1.94. The molecule has 0 spiro atoms. The largest absolute Gasteiger partial charge is 0.481 e. The van der Waals surface area contributed by atoms with Crippen molar-refractivity contribution >= 4 is 12.0 Å². The summed E-state index contributed by atoms with van der Waals surface area (Å²) in [4.78, 5) is 25.1. The Morgan fingerprint density at radius 2 is 2.30 bits per heavy atom. The van der Waals surface area contributed by atoms with Crippen LogP contribution in [0.4, 0.5) is 4.79 Å². The maximum Gasteiger partial charge on any atom is 0.317 e. The molecule has 0 aromatic carbocycles. The van der Waals surface area contributed by atoms with E-state index in [1.54, 1.807) is 23.5 Å². The van der Waals surface area contributed by atoms with Crippen LogP contribution in [0.1, 0.15) is 25.8 Å². The van der Waals surface area contributed by atoms with Gasteiger partial charge >= 0.3 is 12.0 Å². The van der Waals surface area contributed by atoms with Gasteiger partial charge in [-0.2, -0.15) is 0 Å². The molecule has 1 aliphatic rings. The van der Waals surface area contributed by atoms with Gasteiger partial charge in [-0.3, -0.25) is 4.79 Å². The van der Waals surface area contributed by atoms with Crippen molar-refractivity contribution in [3.8, 4) is 0 Å². The van der Waals surface area contributed by atoms with Gasteiger partial charge in [0.15, 0.2) is 0 Å². The van der Waals surface area contributed by atoms with Crippen molar-refractivity contribution < 1.29 is 19.1 Å². The number of amides is 2. The van der Waals surface area contributed by atoms with Crippen LogP contribution in [0.25, 0.3) is 0 Å². The molecule has 0 bridgehead atoms. The van der Waals surface area contributed by atoms with Gasteiger partial charge in [-0.15, -0.1) is 0 Å². The predicted octanol–water partition coefficient (Wildman–Crippen LogP) is 1.92. The summed E-state index contributed by atoms with van der Waals surface area (Å²) >= 11 is 0. The molecule has 6 nitrogen and oxygen atoms in total. The fourth-order valence-electron chi connectivity index (χ4n) is 2.58. The van der Waals surface area contributed by atoms with Crippen LogP contribution in [0.5, 0.6) is 0 Å². The Bertz CT molecular complexity index is 483. The second-order valence-electron chi connectivity index (χ2n) is 5.58. The van der Waals surface area contributed by atoms with Crippen molar-refractivity contribution in [1.29, 1.82) is 0 Å². The highest BCUT2D eigenvalue weighted by atomic mass is 16.4. The number of carbonyl (C=O) groups excluding carboxylic acids is 1. The van der Waals surface area contributed by atoms with E-state index in [2.05, 4.69) is 5.32 Å². The molecule has 1 fully saturated rings. The smallest absolute Gasteiger partial charge is 0.317 e. The first-order chi connectivity index (χ1) is 9.45. The fraction of sp³-hybridized carbons (Fsp3) is 0.571. The first-order valence-corrected chi connectivity index (χ1v) is 6.73. The third-order valence-corrected chi connectivity index (χ3v) is 4.14. The quantitative estimate of drug-likeness (QED) is 0.882. The van der Waals surface area contributed by atoms with Crippen molar-refractivity contribution in [1.82, 2.24) is 10.2 Å². The molecule has 1 aromatic rings. The first-order valence-electron chi connectivity index (χ1n) is 6.73. The number of aliphatic carboxylic acids is 1. The molecule has 2 rings (SSSR count). The number of nitrogens with zero attached hydrogens (tertiary/aromatic N) is 1. The summed E-state index contributed by atoms with van der Waals surface area (Å²) in [5.41, 5.74) is 0.0541. The Morgan fingerprint density at radius 3 is 2.80 bits per heavy atom. The monoisotopic (exact) mass is 280 g/mol. The molecular weight excluding hydrogens is 260 g/mol. The lowest BCUT2D eigenvalue weighted by atomic mass is 9.76. The summed E-state index contributed by atoms with van der Waals surface area (Å²) in [7, 11) is 0. The van der Waals surface area contributed by atoms with E-state index in [9.17, 15) is 14.7 Å². The van der Waals surface area contributed by atoms with Gasteiger partial charge in [-0.1, -0.05) is 13.8 Å². The number of urea groups is 1. The predicted molar refractivity (Wildman–Crippen MR) is 72.0 cm³/mol. The molecule has 0 aliphatic carbocycles. The van der Waals surface area contributed by atoms with Gasteiger partial charge in [-0.05, 0) is 18.4 Å². The summed E-state index contributed by atoms with van der Waals surface area (Å²) in [5, 5.41) is 12.2. The van der Waals surface area contributed by atoms with Crippen molar-refractivity contribution in [3.63, 3.8) is 0 Å². The van der Waals surface area contributed by atoms with Crippen LogP contribution in [0.2, 0.25) is 0 Å². The molecule has 110 valence electrons. The van der Waals surface area contributed by atoms with Crippen LogP contribution in [0, 0.1) is 11.3 Å². The van der Waals surface area contributed by atoms with Gasteiger partial charge in [0.2, 0.25) is 0 Å². The standard InChI is InChI=1S/C14H20N2O4/c1-10(2)14(12(17)18)4-5-16(9-14)13(19)15-7-11-3-6-20-8-11/h3,6,8,10H,4-5,7,9H2,1-2H3,(H,15,19)(H,17,18). The number of carbonyl (C=O) groups is 2. The fourth-order valence-corrected chi connectivity index (χ4v) is 2.58. The summed E-state index contributed by atoms with van der Waals surface area (Å²) in [6, 6.07) is 1.55. The van der Waals surface area contributed by atoms with Gasteiger partial charge in [0, 0.05) is 25.2 Å². The number of likely N-dealkylation sites (tertiary alicyclic amines) is 1. The number of nitrogens with one attached hydrogen (secondary N) is 1. The molecule has 2 heterocycles. The molecule has 6 heteroatoms. The van der Waals surface area contributed by atoms with Gasteiger partial charge in [0.1, 0.15) is 0 Å². The highest BCUT2D eigenvalue weighted by Gasteiger charge is 2.48. The Labute approximate surface area is 117 Å². The lowest BCUT2D eigenvalue weighted by Gasteiger charge is -2.28. The van der Waals surface area contributed by atoms with Crippen molar-refractivity contribution in [2.75, 3.05) is 13.1 Å². The minimum atomic E-state index is -0.826. The summed E-state index contributed by atoms with van der Waals surface area (Å²) < 4.78 is 4.93. The van der Waals surface area contributed by atoms with Gasteiger partial charge < -0.3 is 19.7 Å². The molecule has 2 N–H and O–H groups in total. The summed E-state index contributed by atoms with van der Waals surface area (Å²) in [5.74, 6) is -0.829. The molecule has 1 saturated heterocycles. The van der Waals surface area contributed by atoms with Crippen LogP contribution in [0.15, 0.2) is 23.0 Å². The van der Waals surface area contributed by atoms with E-state index >= 15 is 0 Å². The number of hydrogen-bond donors (Lipinski definition) is 2. The summed E-state index contributed by atoms with van der Waals surface area (Å²) in [6.45, 7) is 4.90. The van der Waals surface area contributed by atoms with Crippen molar-refractivity contribution in [2.24, 2.45) is 11.3 Å². The molecule has 0 saturated carbocycles. The number of hydrogen-bond acceptors (Lipinski definition) is 3. The van der Waals surface area contributed by atoms with Crippen LogP contribution in [-0.2, 0) is 11.3 Å². The number of carboxylic acids is 1. The highest BCUT2D eigenvalue weighted by Crippen LogP contribution is 2.38. The molecule has 1 unspecified atom stereocenters. The van der Waals surface area contributed by atoms with E-state index in [-0.39, 0.29) is 18.5 Å². The van der Waals surface area contributed by atoms with E-state index in [0.717, 1.165) is 5.56 Å². The Hall–Kier alpha value is -1.98. The second kappa shape index (κ2) is 5.56. The van der Waals surface area contributed by atoms with Gasteiger partial charge in [0.05, 0.1) is 17.9 Å². The molecule has 1 aromatic heterocycles. The Kier molecular flexibility index (Phi) is 4.01. The lowest BCUT2D eigenvalue weighted by Crippen LogP contribution is -2.43. The minimum absolute atomic E-state index is 0.00771. The van der Waals surface area contributed by atoms with E-state index in [4.69, 9.17) is 4.42 Å². The number of carboxylic acid groups (broad SMARTS) is 1. The molecule has 0 radical (unpaired) electrons. The van der Waals surface area contributed by atoms with E-state index in [1.807, 2.05) is 13.8 Å². The minimum Gasteiger partial charge on any atom is -0.481 e. The zero-order valence-corrected chi connectivity index (χ0v) is 11.8. The molecular formula is C14H20N2O4. The molecule has 1 atom stereocenters. The van der Waals surface area contributed by atoms with Crippen LogP contribution in [0.3, 0.4) is 0 Å². The molecule has 2 amide bonds. The SMILES string of the molecule is CC(C)C1(C(=O)O)CCN(C(=O)NCc2ccoc2)C1. The summed E-state index contributed by atoms with van der Waals surface area (Å²) in [6.07, 6.45) is 3.62. The van der Waals surface area contributed by atoms with Gasteiger partial charge in [-0.25, -0.2) is 4.79 Å². The van der Waals surface area contributed by atoms with E-state index in [1.165, 1.54) is 0 Å². The van der Waals surface area contributed by atoms with Gasteiger partial charge in [0.25, 0.3) is 0 Å². The maximum absolute atomic E-state index is 12.1. The molecule has 1 aliphatic heterocycles. The van der Waals surface area contributed by atoms with Crippen LogP contribution >= 0.6 is 0 Å². The zero-order valence-electron chi connectivity index (χ0n) is 11.8. The third kappa shape index (κ3) is 2.64. The molecule has 20 heavy (non-hydrogen) atoms. The zero-order chi connectivity index (χ0) is 14.8. The number of furan rings is 1. The van der Waals surface area contributed by atoms with Crippen LogP contribution < -0.4 is 5.32 Å². The maximum atomic E-state index is 12.1. The first kappa shape index (κ1) is 14.4. The van der Waals surface area contributed by atoms with E-state index < -0.39 is 11.4 Å². The average Bonchev–Trinajstić information content (AvgIpc) is 3.05. The number of rotatable bonds is 4. The lowest BCUT2D eigenvalue weighted by molar-refractivity contribution is -0.150. The topological polar surface area (TPSA) is 82.8 Å². The second-order valence-corrected chi connectivity index (χ2v) is 5.58. The average molecular weight is 280 g/mol. The van der Waals surface area contributed by atoms with Crippen molar-refractivity contribution in [2.45, 2.75) is 26.8 Å². The third-order valence-electron chi connectivity index (χ3n) is 4.14.